The van der Waals surface area contributed by atoms with Crippen LogP contribution in [0.5, 0.6) is 11.5 Å². The van der Waals surface area contributed by atoms with E-state index in [1.165, 1.54) is 0 Å². The van der Waals surface area contributed by atoms with E-state index in [1.807, 2.05) is 75.4 Å². The number of aryl methyl sites for hydroxylation is 2. The second-order valence-corrected chi connectivity index (χ2v) is 6.43. The summed E-state index contributed by atoms with van der Waals surface area (Å²) in [5, 5.41) is 6.10. The third-order valence-corrected chi connectivity index (χ3v) is 4.37. The minimum Gasteiger partial charge on any atom is -0.493 e. The van der Waals surface area contributed by atoms with Gasteiger partial charge in [-0.15, -0.1) is 0 Å². The summed E-state index contributed by atoms with van der Waals surface area (Å²) in [6.07, 6.45) is 1.63. The molecule has 0 saturated carbocycles. The van der Waals surface area contributed by atoms with Gasteiger partial charge < -0.3 is 9.47 Å². The highest BCUT2D eigenvalue weighted by Crippen LogP contribution is 2.27. The van der Waals surface area contributed by atoms with Crippen molar-refractivity contribution in [2.24, 2.45) is 5.10 Å². The molecule has 0 bridgehead atoms. The number of ether oxygens (including phenoxy) is 2. The molecule has 3 aromatic rings. The SMILES string of the molecule is CCOc1ccc(/C=N\NC(=O)COc2c(C)cccc2C)c2ccccc12. The van der Waals surface area contributed by atoms with E-state index < -0.39 is 0 Å². The Kier molecular flexibility index (Phi) is 6.27. The molecule has 0 heterocycles. The number of rotatable bonds is 7. The van der Waals surface area contributed by atoms with E-state index in [-0.39, 0.29) is 12.5 Å². The normalized spacial score (nSPS) is 11.0. The largest absolute Gasteiger partial charge is 0.493 e. The third kappa shape index (κ3) is 4.49. The Morgan fingerprint density at radius 3 is 2.39 bits per heavy atom. The number of carbonyl (C=O) groups excluding carboxylic acids is 1. The molecule has 0 atom stereocenters. The van der Waals surface area contributed by atoms with Gasteiger partial charge in [0, 0.05) is 10.9 Å². The van der Waals surface area contributed by atoms with Gasteiger partial charge in [0.2, 0.25) is 0 Å². The van der Waals surface area contributed by atoms with Crippen molar-refractivity contribution in [3.8, 4) is 11.5 Å². The third-order valence-electron chi connectivity index (χ3n) is 4.37. The predicted molar refractivity (Wildman–Crippen MR) is 112 cm³/mol. The van der Waals surface area contributed by atoms with E-state index in [0.29, 0.717) is 6.61 Å². The lowest BCUT2D eigenvalue weighted by atomic mass is 10.0. The fourth-order valence-electron chi connectivity index (χ4n) is 3.06. The molecule has 3 aromatic carbocycles. The van der Waals surface area contributed by atoms with Crippen molar-refractivity contribution in [1.82, 2.24) is 5.43 Å². The number of para-hydroxylation sites is 1. The first kappa shape index (κ1) is 19.4. The van der Waals surface area contributed by atoms with Crippen LogP contribution in [0.2, 0.25) is 0 Å². The van der Waals surface area contributed by atoms with Gasteiger partial charge in [-0.2, -0.15) is 5.10 Å². The van der Waals surface area contributed by atoms with Gasteiger partial charge >= 0.3 is 0 Å². The van der Waals surface area contributed by atoms with Crippen LogP contribution in [0.25, 0.3) is 10.8 Å². The summed E-state index contributed by atoms with van der Waals surface area (Å²) in [6, 6.07) is 17.7. The van der Waals surface area contributed by atoms with Crippen LogP contribution in [0.4, 0.5) is 0 Å². The zero-order valence-corrected chi connectivity index (χ0v) is 16.4. The van der Waals surface area contributed by atoms with E-state index >= 15 is 0 Å². The number of hydrogen-bond donors (Lipinski definition) is 1. The molecule has 1 amide bonds. The second-order valence-electron chi connectivity index (χ2n) is 6.43. The van der Waals surface area contributed by atoms with Crippen LogP contribution in [-0.2, 0) is 4.79 Å². The Morgan fingerprint density at radius 2 is 1.68 bits per heavy atom. The van der Waals surface area contributed by atoms with Crippen molar-refractivity contribution < 1.29 is 14.3 Å². The van der Waals surface area contributed by atoms with Crippen LogP contribution >= 0.6 is 0 Å². The molecule has 5 nitrogen and oxygen atoms in total. The number of nitrogens with zero attached hydrogens (tertiary/aromatic N) is 1. The van der Waals surface area contributed by atoms with Crippen molar-refractivity contribution >= 4 is 22.9 Å². The molecule has 144 valence electrons. The number of benzene rings is 3. The van der Waals surface area contributed by atoms with Crippen LogP contribution in [-0.4, -0.2) is 25.3 Å². The first-order chi connectivity index (χ1) is 13.6. The molecule has 0 saturated heterocycles. The fraction of sp³-hybridized carbons (Fsp3) is 0.217. The number of amides is 1. The molecule has 28 heavy (non-hydrogen) atoms. The van der Waals surface area contributed by atoms with E-state index in [1.54, 1.807) is 6.21 Å². The summed E-state index contributed by atoms with van der Waals surface area (Å²) in [4.78, 5) is 12.1. The van der Waals surface area contributed by atoms with Gasteiger partial charge in [-0.25, -0.2) is 5.43 Å². The Balaban J connectivity index is 1.66. The van der Waals surface area contributed by atoms with Crippen molar-refractivity contribution in [3.63, 3.8) is 0 Å². The number of carbonyl (C=O) groups is 1. The molecular weight excluding hydrogens is 352 g/mol. The lowest BCUT2D eigenvalue weighted by molar-refractivity contribution is -0.123. The Morgan fingerprint density at radius 1 is 0.964 bits per heavy atom. The molecule has 0 unspecified atom stereocenters. The average molecular weight is 376 g/mol. The zero-order chi connectivity index (χ0) is 19.9. The highest BCUT2D eigenvalue weighted by molar-refractivity contribution is 6.02. The minimum absolute atomic E-state index is 0.0902. The van der Waals surface area contributed by atoms with Gasteiger partial charge in [-0.05, 0) is 49.4 Å². The highest BCUT2D eigenvalue weighted by atomic mass is 16.5. The highest BCUT2D eigenvalue weighted by Gasteiger charge is 2.07. The van der Waals surface area contributed by atoms with Gasteiger partial charge in [0.05, 0.1) is 12.8 Å². The summed E-state index contributed by atoms with van der Waals surface area (Å²) < 4.78 is 11.3. The topological polar surface area (TPSA) is 59.9 Å². The van der Waals surface area contributed by atoms with Crippen LogP contribution in [0.3, 0.4) is 0 Å². The van der Waals surface area contributed by atoms with E-state index in [2.05, 4.69) is 10.5 Å². The summed E-state index contributed by atoms with van der Waals surface area (Å²) in [7, 11) is 0. The van der Waals surface area contributed by atoms with Gasteiger partial charge in [0.1, 0.15) is 11.5 Å². The first-order valence-electron chi connectivity index (χ1n) is 9.25. The molecule has 5 heteroatoms. The summed E-state index contributed by atoms with van der Waals surface area (Å²) in [5.74, 6) is 1.26. The van der Waals surface area contributed by atoms with Gasteiger partial charge in [-0.1, -0.05) is 42.5 Å². The summed E-state index contributed by atoms with van der Waals surface area (Å²) in [6.45, 7) is 6.38. The van der Waals surface area contributed by atoms with Crippen molar-refractivity contribution in [3.05, 3.63) is 71.3 Å². The lowest BCUT2D eigenvalue weighted by Gasteiger charge is -2.11. The number of fused-ring (bicyclic) bond motifs is 1. The van der Waals surface area contributed by atoms with Gasteiger partial charge in [0.25, 0.3) is 5.91 Å². The molecule has 0 aliphatic carbocycles. The number of hydrazone groups is 1. The molecule has 3 rings (SSSR count). The average Bonchev–Trinajstić information content (AvgIpc) is 2.69. The fourth-order valence-corrected chi connectivity index (χ4v) is 3.06. The van der Waals surface area contributed by atoms with Crippen molar-refractivity contribution in [2.75, 3.05) is 13.2 Å². The van der Waals surface area contributed by atoms with Gasteiger partial charge in [-0.3, -0.25) is 4.79 Å². The molecule has 0 aliphatic heterocycles. The van der Waals surface area contributed by atoms with Crippen LogP contribution < -0.4 is 14.9 Å². The minimum atomic E-state index is -0.311. The molecule has 0 spiro atoms. The molecular formula is C23H24N2O3. The molecule has 0 aromatic heterocycles. The van der Waals surface area contributed by atoms with E-state index in [0.717, 1.165) is 39.0 Å². The lowest BCUT2D eigenvalue weighted by Crippen LogP contribution is -2.25. The predicted octanol–water partition coefficient (Wildman–Crippen LogP) is 4.38. The van der Waals surface area contributed by atoms with Crippen molar-refractivity contribution in [1.29, 1.82) is 0 Å². The molecule has 1 N–H and O–H groups in total. The Bertz CT molecular complexity index is 992. The second kappa shape index (κ2) is 9.04. The smallest absolute Gasteiger partial charge is 0.277 e. The first-order valence-corrected chi connectivity index (χ1v) is 9.25. The zero-order valence-electron chi connectivity index (χ0n) is 16.4. The Labute approximate surface area is 165 Å². The van der Waals surface area contributed by atoms with Crippen molar-refractivity contribution in [2.45, 2.75) is 20.8 Å². The van der Waals surface area contributed by atoms with Crippen LogP contribution in [0, 0.1) is 13.8 Å². The maximum atomic E-state index is 12.1. The van der Waals surface area contributed by atoms with Crippen LogP contribution in [0.15, 0.2) is 59.7 Å². The standard InChI is InChI=1S/C23H24N2O3/c1-4-27-21-13-12-18(19-10-5-6-11-20(19)21)14-24-25-22(26)15-28-23-16(2)8-7-9-17(23)3/h5-14H,4,15H2,1-3H3,(H,25,26)/b24-14-. The quantitative estimate of drug-likeness (QED) is 0.492. The van der Waals surface area contributed by atoms with Gasteiger partial charge in [0.15, 0.2) is 6.61 Å². The van der Waals surface area contributed by atoms with Crippen LogP contribution in [0.1, 0.15) is 23.6 Å². The van der Waals surface area contributed by atoms with E-state index in [4.69, 9.17) is 9.47 Å². The summed E-state index contributed by atoms with van der Waals surface area (Å²) in [5.41, 5.74) is 5.41. The maximum Gasteiger partial charge on any atom is 0.277 e. The molecule has 0 aliphatic rings. The summed E-state index contributed by atoms with van der Waals surface area (Å²) >= 11 is 0. The Hall–Kier alpha value is -3.34. The van der Waals surface area contributed by atoms with E-state index in [9.17, 15) is 4.79 Å². The molecule has 0 radical (unpaired) electrons. The maximum absolute atomic E-state index is 12.1. The number of hydrogen-bond acceptors (Lipinski definition) is 4. The molecule has 0 fully saturated rings. The monoisotopic (exact) mass is 376 g/mol. The number of nitrogens with one attached hydrogen (secondary N) is 1.